The fourth-order valence-electron chi connectivity index (χ4n) is 5.94. The largest absolute Gasteiger partial charge is 0.478 e. The molecule has 4 aromatic heterocycles. The molecule has 2 aromatic carbocycles. The van der Waals surface area contributed by atoms with Crippen LogP contribution in [0.3, 0.4) is 0 Å². The molecule has 0 saturated heterocycles. The van der Waals surface area contributed by atoms with E-state index in [2.05, 4.69) is 20.2 Å². The number of hydrogen-bond donors (Lipinski definition) is 1. The second-order valence-electron chi connectivity index (χ2n) is 12.2. The van der Waals surface area contributed by atoms with Crippen molar-refractivity contribution < 1.29 is 19.4 Å². The lowest BCUT2D eigenvalue weighted by molar-refractivity contribution is 0.0523. The number of aromatic nitrogens is 6. The highest BCUT2D eigenvalue weighted by molar-refractivity contribution is 6.35. The lowest BCUT2D eigenvalue weighted by Gasteiger charge is -2.13. The first-order valence-corrected chi connectivity index (χ1v) is 17.2. The SMILES string of the molecule is CCOC(=O)c1cnn2c(-c3cc(Cl)cc(Cl)c3)c(C)nc2c1C(C)C.Cc1nc2c(C(C)C)c(C(=O)O)cnn2c1-c1cc(Cl)cc(Cl)c1. The third-order valence-corrected chi connectivity index (χ3v) is 8.75. The molecule has 14 heteroatoms. The number of carboxylic acids is 1. The van der Waals surface area contributed by atoms with E-state index in [1.807, 2.05) is 53.7 Å². The third-order valence-electron chi connectivity index (χ3n) is 7.88. The van der Waals surface area contributed by atoms with Crippen molar-refractivity contribution in [1.82, 2.24) is 29.2 Å². The van der Waals surface area contributed by atoms with Crippen molar-refractivity contribution in [1.29, 1.82) is 0 Å². The van der Waals surface area contributed by atoms with Gasteiger partial charge in [0.25, 0.3) is 0 Å². The Morgan fingerprint density at radius 2 is 1.08 bits per heavy atom. The smallest absolute Gasteiger partial charge is 0.340 e. The summed E-state index contributed by atoms with van der Waals surface area (Å²) in [6.07, 6.45) is 2.90. The van der Waals surface area contributed by atoms with Gasteiger partial charge in [-0.15, -0.1) is 0 Å². The Hall–Kier alpha value is -4.22. The molecule has 4 heterocycles. The molecule has 0 bridgehead atoms. The van der Waals surface area contributed by atoms with Crippen LogP contribution in [0.5, 0.6) is 0 Å². The van der Waals surface area contributed by atoms with Crippen LogP contribution in [0.25, 0.3) is 33.8 Å². The van der Waals surface area contributed by atoms with Crippen molar-refractivity contribution in [3.05, 3.63) is 103 Å². The number of imidazole rings is 2. The van der Waals surface area contributed by atoms with Gasteiger partial charge < -0.3 is 9.84 Å². The summed E-state index contributed by atoms with van der Waals surface area (Å²) in [4.78, 5) is 33.1. The standard InChI is InChI=1S/C19H19Cl2N3O2.C17H15Cl2N3O2/c1-5-26-19(25)15-9-22-24-17(12-6-13(20)8-14(21)7-12)11(4)23-18(24)16(15)10(2)3;1-8(2)14-13(17(23)24)7-20-22-15(9(3)21-16(14)22)10-4-11(18)6-12(19)5-10/h6-10H,5H2,1-4H3;4-8H,1-3H3,(H,23,24). The van der Waals surface area contributed by atoms with Crippen LogP contribution in [0, 0.1) is 13.8 Å². The lowest BCUT2D eigenvalue weighted by Crippen LogP contribution is -2.12. The first-order chi connectivity index (χ1) is 23.6. The van der Waals surface area contributed by atoms with Crippen LogP contribution in [-0.2, 0) is 4.74 Å². The molecule has 6 rings (SSSR count). The van der Waals surface area contributed by atoms with Crippen LogP contribution < -0.4 is 0 Å². The fraction of sp³-hybridized carbons (Fsp3) is 0.278. The minimum atomic E-state index is -1.01. The summed E-state index contributed by atoms with van der Waals surface area (Å²) < 4.78 is 8.55. The summed E-state index contributed by atoms with van der Waals surface area (Å²) in [6.45, 7) is 13.7. The first kappa shape index (κ1) is 37.0. The Morgan fingerprint density at radius 1 is 0.700 bits per heavy atom. The van der Waals surface area contributed by atoms with Crippen molar-refractivity contribution in [3.8, 4) is 22.5 Å². The minimum absolute atomic E-state index is 0.0146. The predicted octanol–water partition coefficient (Wildman–Crippen LogP) is 10.1. The van der Waals surface area contributed by atoms with Gasteiger partial charge in [0.2, 0.25) is 0 Å². The number of halogens is 4. The number of aryl methyl sites for hydroxylation is 2. The number of carbonyl (C=O) groups excluding carboxylic acids is 1. The molecule has 0 unspecified atom stereocenters. The lowest BCUT2D eigenvalue weighted by atomic mass is 10.00. The molecule has 6 aromatic rings. The van der Waals surface area contributed by atoms with E-state index in [1.54, 1.807) is 40.2 Å². The zero-order valence-electron chi connectivity index (χ0n) is 28.3. The molecule has 1 N–H and O–H groups in total. The number of hydrogen-bond acceptors (Lipinski definition) is 7. The van der Waals surface area contributed by atoms with Crippen LogP contribution in [0.2, 0.25) is 20.1 Å². The van der Waals surface area contributed by atoms with Gasteiger partial charge in [0, 0.05) is 42.3 Å². The van der Waals surface area contributed by atoms with Crippen molar-refractivity contribution in [3.63, 3.8) is 0 Å². The fourth-order valence-corrected chi connectivity index (χ4v) is 7.00. The summed E-state index contributed by atoms with van der Waals surface area (Å²) in [5.41, 5.74) is 7.87. The van der Waals surface area contributed by atoms with Crippen LogP contribution in [0.15, 0.2) is 48.8 Å². The zero-order valence-corrected chi connectivity index (χ0v) is 31.4. The number of aromatic carboxylic acids is 1. The molecule has 0 amide bonds. The average molecular weight is 757 g/mol. The van der Waals surface area contributed by atoms with Gasteiger partial charge in [0.15, 0.2) is 11.3 Å². The first-order valence-electron chi connectivity index (χ1n) is 15.7. The van der Waals surface area contributed by atoms with E-state index < -0.39 is 5.97 Å². The molecule has 0 aliphatic carbocycles. The van der Waals surface area contributed by atoms with Gasteiger partial charge in [-0.1, -0.05) is 74.1 Å². The second-order valence-corrected chi connectivity index (χ2v) is 13.9. The van der Waals surface area contributed by atoms with Crippen LogP contribution in [-0.4, -0.2) is 52.8 Å². The average Bonchev–Trinajstić information content (AvgIpc) is 3.54. The molecule has 0 aliphatic rings. The van der Waals surface area contributed by atoms with E-state index >= 15 is 0 Å². The Balaban J connectivity index is 0.000000195. The summed E-state index contributed by atoms with van der Waals surface area (Å²) >= 11 is 24.5. The topological polar surface area (TPSA) is 124 Å². The number of esters is 1. The molecule has 0 aliphatic heterocycles. The molecule has 0 radical (unpaired) electrons. The molecule has 10 nitrogen and oxygen atoms in total. The zero-order chi connectivity index (χ0) is 36.6. The normalized spacial score (nSPS) is 11.4. The molecule has 260 valence electrons. The van der Waals surface area contributed by atoms with Gasteiger partial charge >= 0.3 is 11.9 Å². The molecule has 0 saturated carbocycles. The van der Waals surface area contributed by atoms with Crippen LogP contribution in [0.4, 0.5) is 0 Å². The van der Waals surface area contributed by atoms with Gasteiger partial charge in [-0.05, 0) is 69.0 Å². The number of carboxylic acid groups (broad SMARTS) is 1. The Kier molecular flexibility index (Phi) is 11.1. The second kappa shape index (κ2) is 14.9. The number of nitrogens with zero attached hydrogens (tertiary/aromatic N) is 6. The van der Waals surface area contributed by atoms with E-state index in [0.717, 1.165) is 39.5 Å². The molecular formula is C36H34Cl4N6O4. The number of ether oxygens (including phenoxy) is 1. The van der Waals surface area contributed by atoms with E-state index in [-0.39, 0.29) is 23.4 Å². The van der Waals surface area contributed by atoms with E-state index in [1.165, 1.54) is 12.4 Å². The van der Waals surface area contributed by atoms with Crippen molar-refractivity contribution in [2.75, 3.05) is 6.61 Å². The number of benzene rings is 2. The third kappa shape index (κ3) is 7.30. The Morgan fingerprint density at radius 3 is 1.44 bits per heavy atom. The quantitative estimate of drug-likeness (QED) is 0.160. The van der Waals surface area contributed by atoms with Crippen LogP contribution >= 0.6 is 46.4 Å². The Bertz CT molecular complexity index is 2240. The Labute approximate surface area is 308 Å². The van der Waals surface area contributed by atoms with E-state index in [0.29, 0.717) is 49.1 Å². The van der Waals surface area contributed by atoms with Gasteiger partial charge in [-0.25, -0.2) is 28.6 Å². The monoisotopic (exact) mass is 754 g/mol. The van der Waals surface area contributed by atoms with Crippen molar-refractivity contribution in [2.24, 2.45) is 0 Å². The summed E-state index contributed by atoms with van der Waals surface area (Å²) in [7, 11) is 0. The number of rotatable bonds is 7. The van der Waals surface area contributed by atoms with Crippen molar-refractivity contribution in [2.45, 2.75) is 60.3 Å². The highest BCUT2D eigenvalue weighted by Gasteiger charge is 2.25. The predicted molar refractivity (Wildman–Crippen MR) is 197 cm³/mol. The highest BCUT2D eigenvalue weighted by atomic mass is 35.5. The molecule has 0 atom stereocenters. The van der Waals surface area contributed by atoms with Gasteiger partial charge in [-0.2, -0.15) is 10.2 Å². The van der Waals surface area contributed by atoms with Gasteiger partial charge in [-0.3, -0.25) is 0 Å². The van der Waals surface area contributed by atoms with E-state index in [4.69, 9.17) is 51.1 Å². The number of fused-ring (bicyclic) bond motifs is 2. The maximum Gasteiger partial charge on any atom is 0.340 e. The molecule has 0 fully saturated rings. The van der Waals surface area contributed by atoms with E-state index in [9.17, 15) is 14.7 Å². The maximum atomic E-state index is 12.3. The molecule has 50 heavy (non-hydrogen) atoms. The summed E-state index contributed by atoms with van der Waals surface area (Å²) in [5, 5.41) is 20.3. The minimum Gasteiger partial charge on any atom is -0.478 e. The van der Waals surface area contributed by atoms with Crippen LogP contribution in [0.1, 0.15) is 89.7 Å². The summed E-state index contributed by atoms with van der Waals surface area (Å²) in [6, 6.07) is 10.5. The van der Waals surface area contributed by atoms with Crippen molar-refractivity contribution >= 4 is 69.6 Å². The molecule has 0 spiro atoms. The summed E-state index contributed by atoms with van der Waals surface area (Å²) in [5.74, 6) is -1.35. The van der Waals surface area contributed by atoms with Gasteiger partial charge in [0.05, 0.1) is 52.9 Å². The highest BCUT2D eigenvalue weighted by Crippen LogP contribution is 2.34. The van der Waals surface area contributed by atoms with Gasteiger partial charge in [0.1, 0.15) is 0 Å². The number of carbonyl (C=O) groups is 2. The molecular weight excluding hydrogens is 722 g/mol. The maximum absolute atomic E-state index is 12.3.